The normalized spacial score (nSPS) is 29.0. The van der Waals surface area contributed by atoms with Crippen molar-refractivity contribution < 1.29 is 56.9 Å². The largest absolute Gasteiger partial charge is 0.368 e. The van der Waals surface area contributed by atoms with Gasteiger partial charge >= 0.3 is 0 Å². The van der Waals surface area contributed by atoms with Gasteiger partial charge in [0.05, 0.1) is 39.6 Å². The van der Waals surface area contributed by atoms with Crippen molar-refractivity contribution in [3.05, 3.63) is 156 Å². The van der Waals surface area contributed by atoms with Gasteiger partial charge in [0.1, 0.15) is 55.6 Å². The van der Waals surface area contributed by atoms with Crippen LogP contribution in [0.3, 0.4) is 0 Å². The molecule has 1 amide bonds. The topological polar surface area (TPSA) is 131 Å². The summed E-state index contributed by atoms with van der Waals surface area (Å²) in [6.45, 7) is 6.37. The number of ether oxygens (including phenoxy) is 11. The van der Waals surface area contributed by atoms with Crippen LogP contribution in [0.4, 0.5) is 0 Å². The van der Waals surface area contributed by atoms with Crippen LogP contribution in [0, 0.1) is 0 Å². The first kappa shape index (κ1) is 43.7. The van der Waals surface area contributed by atoms with Crippen molar-refractivity contribution in [2.75, 3.05) is 33.7 Å². The number of hydrogen-bond acceptors (Lipinski definition) is 12. The van der Waals surface area contributed by atoms with Crippen LogP contribution in [0.15, 0.2) is 134 Å². The van der Waals surface area contributed by atoms with Gasteiger partial charge in [-0.1, -0.05) is 127 Å². The van der Waals surface area contributed by atoms with Crippen molar-refractivity contribution in [3.8, 4) is 0 Å². The minimum atomic E-state index is -0.875. The molecule has 3 saturated heterocycles. The van der Waals surface area contributed by atoms with Gasteiger partial charge in [0.25, 0.3) is 0 Å². The van der Waals surface area contributed by atoms with E-state index in [2.05, 4.69) is 11.9 Å². The molecule has 7 rings (SSSR count). The first-order valence-electron chi connectivity index (χ1n) is 20.3. The van der Waals surface area contributed by atoms with Crippen molar-refractivity contribution in [1.29, 1.82) is 0 Å². The van der Waals surface area contributed by atoms with Crippen LogP contribution in [0.2, 0.25) is 0 Å². The molecule has 0 aromatic heterocycles. The average molecular weight is 826 g/mol. The molecule has 3 aliphatic rings. The fourth-order valence-corrected chi connectivity index (χ4v) is 7.61. The van der Waals surface area contributed by atoms with Crippen molar-refractivity contribution in [1.82, 2.24) is 5.32 Å². The minimum absolute atomic E-state index is 0.0189. The van der Waals surface area contributed by atoms with Gasteiger partial charge in [-0.25, -0.2) is 0 Å². The van der Waals surface area contributed by atoms with E-state index in [1.54, 1.807) is 6.08 Å². The van der Waals surface area contributed by atoms with Crippen molar-refractivity contribution in [2.24, 2.45) is 0 Å². The Kier molecular flexibility index (Phi) is 16.4. The lowest BCUT2D eigenvalue weighted by Crippen LogP contribution is -2.66. The highest BCUT2D eigenvalue weighted by molar-refractivity contribution is 5.73. The Morgan fingerprint density at radius 3 is 1.82 bits per heavy atom. The lowest BCUT2D eigenvalue weighted by Gasteiger charge is -2.49. The Balaban J connectivity index is 1.10. The van der Waals surface area contributed by atoms with Crippen LogP contribution in [0.25, 0.3) is 0 Å². The molecule has 0 bridgehead atoms. The number of carbonyl (C=O) groups excluding carboxylic acids is 1. The molecule has 1 N–H and O–H groups in total. The second-order valence-corrected chi connectivity index (χ2v) is 14.8. The van der Waals surface area contributed by atoms with Crippen LogP contribution in [-0.4, -0.2) is 101 Å². The fraction of sp³-hybridized carbons (Fsp3) is 0.426. The number of fused-ring (bicyclic) bond motifs is 1. The molecule has 3 aliphatic heterocycles. The van der Waals surface area contributed by atoms with Crippen LogP contribution >= 0.6 is 0 Å². The van der Waals surface area contributed by atoms with Gasteiger partial charge in [-0.05, 0) is 16.7 Å². The number of nitrogens with one attached hydrogen (secondary N) is 1. The second-order valence-electron chi connectivity index (χ2n) is 14.8. The summed E-state index contributed by atoms with van der Waals surface area (Å²) in [6.07, 6.45) is -5.35. The van der Waals surface area contributed by atoms with Gasteiger partial charge in [-0.15, -0.1) is 6.58 Å². The Hall–Kier alpha value is -4.35. The first-order valence-corrected chi connectivity index (χ1v) is 20.3. The van der Waals surface area contributed by atoms with Gasteiger partial charge < -0.3 is 57.4 Å². The Bertz CT molecular complexity index is 1860. The van der Waals surface area contributed by atoms with Gasteiger partial charge in [0, 0.05) is 19.6 Å². The fourth-order valence-electron chi connectivity index (χ4n) is 7.61. The summed E-state index contributed by atoms with van der Waals surface area (Å²) in [7, 11) is 1.52. The quantitative estimate of drug-likeness (QED) is 0.0636. The number of hydrogen-bond donors (Lipinski definition) is 1. The van der Waals surface area contributed by atoms with Crippen molar-refractivity contribution >= 4 is 5.91 Å². The number of benzene rings is 4. The molecule has 3 fully saturated rings. The first-order chi connectivity index (χ1) is 29.5. The highest BCUT2D eigenvalue weighted by Crippen LogP contribution is 2.37. The molecule has 0 radical (unpaired) electrons. The van der Waals surface area contributed by atoms with Crippen LogP contribution in [0.1, 0.15) is 35.5 Å². The standard InChI is InChI=1S/C47H55NO12/c1-4-25-52-47-44(43(55-28-35-21-13-7-14-22-35)41-38(59-47)30-56-45(60-41)36-23-15-8-16-24-36)57-31-51-29-37-40(53-26-33-17-9-5-10-18-33)42(54-27-34-19-11-6-12-20-34)39(48-32(2)49)46(50-3)58-37/h4-24,37-47H,1,25-31H2,2-3H3,(H,48,49)/t37-,38-,39-,40-,41+,42-,43+,44-,45+,46-,47?/m1/s1. The van der Waals surface area contributed by atoms with E-state index in [1.807, 2.05) is 121 Å². The Morgan fingerprint density at radius 2 is 1.25 bits per heavy atom. The summed E-state index contributed by atoms with van der Waals surface area (Å²) in [5.41, 5.74) is 3.78. The maximum Gasteiger partial charge on any atom is 0.217 e. The van der Waals surface area contributed by atoms with E-state index in [1.165, 1.54) is 14.0 Å². The number of methoxy groups -OCH3 is 1. The van der Waals surface area contributed by atoms with Gasteiger partial charge in [0.2, 0.25) is 5.91 Å². The molecule has 320 valence electrons. The lowest BCUT2D eigenvalue weighted by atomic mass is 9.96. The molecule has 13 heteroatoms. The van der Waals surface area contributed by atoms with E-state index in [0.717, 1.165) is 22.3 Å². The number of amides is 1. The van der Waals surface area contributed by atoms with Crippen LogP contribution in [0.5, 0.6) is 0 Å². The Morgan fingerprint density at radius 1 is 0.683 bits per heavy atom. The summed E-state index contributed by atoms with van der Waals surface area (Å²) in [5, 5.41) is 2.99. The lowest BCUT2D eigenvalue weighted by molar-refractivity contribution is -0.375. The van der Waals surface area contributed by atoms with Crippen molar-refractivity contribution in [3.63, 3.8) is 0 Å². The van der Waals surface area contributed by atoms with E-state index < -0.39 is 67.6 Å². The minimum Gasteiger partial charge on any atom is -0.368 e. The molecular weight excluding hydrogens is 771 g/mol. The number of carbonyl (C=O) groups is 1. The van der Waals surface area contributed by atoms with Gasteiger partial charge in [-0.3, -0.25) is 4.79 Å². The zero-order chi connectivity index (χ0) is 41.5. The second kappa shape index (κ2) is 22.5. The molecule has 13 nitrogen and oxygen atoms in total. The van der Waals surface area contributed by atoms with Gasteiger partial charge in [-0.2, -0.15) is 0 Å². The molecule has 3 heterocycles. The molecule has 60 heavy (non-hydrogen) atoms. The molecule has 1 unspecified atom stereocenters. The number of rotatable bonds is 20. The summed E-state index contributed by atoms with van der Waals surface area (Å²) < 4.78 is 70.4. The molecule has 0 saturated carbocycles. The predicted octanol–water partition coefficient (Wildman–Crippen LogP) is 6.02. The van der Waals surface area contributed by atoms with E-state index in [4.69, 9.17) is 52.1 Å². The summed E-state index contributed by atoms with van der Waals surface area (Å²) in [5.74, 6) is -0.262. The van der Waals surface area contributed by atoms with Crippen molar-refractivity contribution in [2.45, 2.75) is 94.4 Å². The summed E-state index contributed by atoms with van der Waals surface area (Å²) in [6, 6.07) is 38.6. The van der Waals surface area contributed by atoms with Crippen LogP contribution in [-0.2, 0) is 76.7 Å². The SMILES string of the molecule is C=CCOC1O[C@@H]2CO[C@H](c3ccccc3)O[C@@H]2[C@H](OCc2ccccc2)[C@H]1OCOC[C@H]1O[C@@H](OC)[C@H](NC(C)=O)[C@@H](OCc2ccccc2)[C@@H]1OCc1ccccc1. The maximum absolute atomic E-state index is 12.5. The third-order valence-corrected chi connectivity index (χ3v) is 10.5. The molecule has 11 atom stereocenters. The highest BCUT2D eigenvalue weighted by Gasteiger charge is 2.52. The average Bonchev–Trinajstić information content (AvgIpc) is 3.29. The van der Waals surface area contributed by atoms with Gasteiger partial charge in [0.15, 0.2) is 18.9 Å². The monoisotopic (exact) mass is 825 g/mol. The van der Waals surface area contributed by atoms with E-state index in [9.17, 15) is 4.79 Å². The predicted molar refractivity (Wildman–Crippen MR) is 219 cm³/mol. The molecule has 4 aromatic rings. The third-order valence-electron chi connectivity index (χ3n) is 10.5. The van der Waals surface area contributed by atoms with E-state index in [0.29, 0.717) is 6.61 Å². The maximum atomic E-state index is 12.5. The van der Waals surface area contributed by atoms with Crippen LogP contribution < -0.4 is 5.32 Å². The molecule has 0 spiro atoms. The molecule has 4 aromatic carbocycles. The molecule has 0 aliphatic carbocycles. The molecular formula is C47H55NO12. The third kappa shape index (κ3) is 11.7. The zero-order valence-corrected chi connectivity index (χ0v) is 34.0. The smallest absolute Gasteiger partial charge is 0.217 e. The summed E-state index contributed by atoms with van der Waals surface area (Å²) >= 11 is 0. The zero-order valence-electron chi connectivity index (χ0n) is 34.0. The van der Waals surface area contributed by atoms with E-state index in [-0.39, 0.29) is 45.7 Å². The van der Waals surface area contributed by atoms with E-state index >= 15 is 0 Å². The highest BCUT2D eigenvalue weighted by atomic mass is 16.8. The summed E-state index contributed by atoms with van der Waals surface area (Å²) in [4.78, 5) is 12.5. The Labute approximate surface area is 351 Å².